The monoisotopic (exact) mass is 247 g/mol. The van der Waals surface area contributed by atoms with Gasteiger partial charge in [0.15, 0.2) is 0 Å². The number of methoxy groups -OCH3 is 1. The highest BCUT2D eigenvalue weighted by molar-refractivity contribution is 5.77. The molecule has 0 saturated heterocycles. The molecule has 0 aromatic heterocycles. The van der Waals surface area contributed by atoms with Gasteiger partial charge in [-0.1, -0.05) is 25.3 Å². The van der Waals surface area contributed by atoms with Gasteiger partial charge in [-0.15, -0.1) is 0 Å². The van der Waals surface area contributed by atoms with E-state index in [1.165, 1.54) is 37.7 Å². The van der Waals surface area contributed by atoms with Gasteiger partial charge < -0.3 is 10.5 Å². The number of ether oxygens (including phenoxy) is 1. The van der Waals surface area contributed by atoms with E-state index in [-0.39, 0.29) is 5.91 Å². The number of nitrogens with two attached hydrogens (primary N) is 1. The van der Waals surface area contributed by atoms with E-state index in [1.54, 1.807) is 7.11 Å². The standard InChI is InChI=1S/C15H21NO2/c1-18-13-8-7-12(9-15(16)17)14(10-13)11-5-3-2-4-6-11/h7-8,10-11H,2-6,9H2,1H3,(H2,16,17). The molecule has 18 heavy (non-hydrogen) atoms. The van der Waals surface area contributed by atoms with E-state index in [4.69, 9.17) is 10.5 Å². The number of primary amides is 1. The zero-order valence-electron chi connectivity index (χ0n) is 10.9. The van der Waals surface area contributed by atoms with Crippen molar-refractivity contribution in [1.29, 1.82) is 0 Å². The number of carbonyl (C=O) groups excluding carboxylic acids is 1. The molecule has 0 atom stereocenters. The van der Waals surface area contributed by atoms with Crippen LogP contribution < -0.4 is 10.5 Å². The van der Waals surface area contributed by atoms with E-state index in [0.29, 0.717) is 12.3 Å². The molecule has 2 N–H and O–H groups in total. The van der Waals surface area contributed by atoms with Gasteiger partial charge in [-0.2, -0.15) is 0 Å². The van der Waals surface area contributed by atoms with E-state index in [9.17, 15) is 4.79 Å². The SMILES string of the molecule is COc1ccc(CC(N)=O)c(C2CCCCC2)c1. The molecule has 1 amide bonds. The number of rotatable bonds is 4. The molecule has 0 aliphatic heterocycles. The van der Waals surface area contributed by atoms with Crippen molar-refractivity contribution < 1.29 is 9.53 Å². The Labute approximate surface area is 108 Å². The van der Waals surface area contributed by atoms with Crippen LogP contribution in [0.3, 0.4) is 0 Å². The average molecular weight is 247 g/mol. The number of hydrogen-bond acceptors (Lipinski definition) is 2. The summed E-state index contributed by atoms with van der Waals surface area (Å²) < 4.78 is 5.29. The van der Waals surface area contributed by atoms with Gasteiger partial charge in [0.2, 0.25) is 5.91 Å². The van der Waals surface area contributed by atoms with Gasteiger partial charge in [0, 0.05) is 0 Å². The van der Waals surface area contributed by atoms with Crippen LogP contribution in [0.15, 0.2) is 18.2 Å². The molecule has 0 bridgehead atoms. The summed E-state index contributed by atoms with van der Waals surface area (Å²) in [4.78, 5) is 11.1. The molecule has 1 aromatic rings. The Balaban J connectivity index is 2.30. The molecule has 0 radical (unpaired) electrons. The summed E-state index contributed by atoms with van der Waals surface area (Å²) in [6.45, 7) is 0. The summed E-state index contributed by atoms with van der Waals surface area (Å²) in [5, 5.41) is 0. The van der Waals surface area contributed by atoms with Crippen LogP contribution in [0.5, 0.6) is 5.75 Å². The minimum Gasteiger partial charge on any atom is -0.497 e. The molecule has 1 aliphatic carbocycles. The zero-order valence-corrected chi connectivity index (χ0v) is 10.9. The molecule has 0 unspecified atom stereocenters. The second-order valence-electron chi connectivity index (χ2n) is 5.04. The molecule has 1 aliphatic rings. The predicted octanol–water partition coefficient (Wildman–Crippen LogP) is 2.77. The molecule has 98 valence electrons. The van der Waals surface area contributed by atoms with E-state index in [1.807, 2.05) is 12.1 Å². The van der Waals surface area contributed by atoms with E-state index in [0.717, 1.165) is 11.3 Å². The second-order valence-corrected chi connectivity index (χ2v) is 5.04. The minimum absolute atomic E-state index is 0.266. The molecular weight excluding hydrogens is 226 g/mol. The summed E-state index contributed by atoms with van der Waals surface area (Å²) in [6, 6.07) is 5.96. The maximum Gasteiger partial charge on any atom is 0.221 e. The number of benzene rings is 1. The van der Waals surface area contributed by atoms with Crippen LogP contribution in [0.1, 0.15) is 49.1 Å². The summed E-state index contributed by atoms with van der Waals surface area (Å²) in [5.41, 5.74) is 7.65. The van der Waals surface area contributed by atoms with Gasteiger partial charge in [0.25, 0.3) is 0 Å². The quantitative estimate of drug-likeness (QED) is 0.889. The predicted molar refractivity (Wildman–Crippen MR) is 71.7 cm³/mol. The third-order valence-corrected chi connectivity index (χ3v) is 3.76. The summed E-state index contributed by atoms with van der Waals surface area (Å²) in [6.07, 6.45) is 6.62. The van der Waals surface area contributed by atoms with Crippen LogP contribution in [0.25, 0.3) is 0 Å². The highest BCUT2D eigenvalue weighted by Gasteiger charge is 2.19. The van der Waals surface area contributed by atoms with Crippen LogP contribution >= 0.6 is 0 Å². The van der Waals surface area contributed by atoms with E-state index < -0.39 is 0 Å². The van der Waals surface area contributed by atoms with Crippen LogP contribution in [0.4, 0.5) is 0 Å². The molecule has 1 aromatic carbocycles. The van der Waals surface area contributed by atoms with Crippen LogP contribution in [0, 0.1) is 0 Å². The molecule has 0 heterocycles. The first-order valence-electron chi connectivity index (χ1n) is 6.66. The van der Waals surface area contributed by atoms with Gasteiger partial charge in [0.1, 0.15) is 5.75 Å². The fourth-order valence-electron chi connectivity index (χ4n) is 2.84. The molecule has 3 nitrogen and oxygen atoms in total. The Morgan fingerprint density at radius 1 is 1.33 bits per heavy atom. The number of amides is 1. The van der Waals surface area contributed by atoms with Crippen molar-refractivity contribution in [1.82, 2.24) is 0 Å². The first-order chi connectivity index (χ1) is 8.70. The molecule has 0 spiro atoms. The zero-order chi connectivity index (χ0) is 13.0. The molecule has 1 fully saturated rings. The minimum atomic E-state index is -0.266. The van der Waals surface area contributed by atoms with Crippen molar-refractivity contribution in [3.63, 3.8) is 0 Å². The average Bonchev–Trinajstić information content (AvgIpc) is 2.39. The van der Waals surface area contributed by atoms with Crippen molar-refractivity contribution in [3.05, 3.63) is 29.3 Å². The number of hydrogen-bond donors (Lipinski definition) is 1. The number of carbonyl (C=O) groups is 1. The first kappa shape index (κ1) is 12.9. The lowest BCUT2D eigenvalue weighted by Gasteiger charge is -2.24. The first-order valence-corrected chi connectivity index (χ1v) is 6.66. The van der Waals surface area contributed by atoms with Crippen molar-refractivity contribution in [2.75, 3.05) is 7.11 Å². The van der Waals surface area contributed by atoms with Crippen molar-refractivity contribution >= 4 is 5.91 Å². The Kier molecular flexibility index (Phi) is 4.24. The van der Waals surface area contributed by atoms with Crippen molar-refractivity contribution in [2.45, 2.75) is 44.4 Å². The van der Waals surface area contributed by atoms with Crippen molar-refractivity contribution in [3.8, 4) is 5.75 Å². The topological polar surface area (TPSA) is 52.3 Å². The summed E-state index contributed by atoms with van der Waals surface area (Å²) in [5.74, 6) is 1.16. The summed E-state index contributed by atoms with van der Waals surface area (Å²) >= 11 is 0. The van der Waals surface area contributed by atoms with Gasteiger partial charge in [-0.25, -0.2) is 0 Å². The summed E-state index contributed by atoms with van der Waals surface area (Å²) in [7, 11) is 1.67. The lowest BCUT2D eigenvalue weighted by molar-refractivity contribution is -0.117. The normalized spacial score (nSPS) is 16.5. The lowest BCUT2D eigenvalue weighted by Crippen LogP contribution is -2.16. The third kappa shape index (κ3) is 3.03. The Hall–Kier alpha value is -1.51. The van der Waals surface area contributed by atoms with Crippen LogP contribution in [-0.4, -0.2) is 13.0 Å². The Bertz CT molecular complexity index is 423. The van der Waals surface area contributed by atoms with Crippen LogP contribution in [0.2, 0.25) is 0 Å². The smallest absolute Gasteiger partial charge is 0.221 e. The van der Waals surface area contributed by atoms with E-state index >= 15 is 0 Å². The lowest BCUT2D eigenvalue weighted by atomic mass is 9.81. The maximum atomic E-state index is 11.1. The maximum absolute atomic E-state index is 11.1. The third-order valence-electron chi connectivity index (χ3n) is 3.76. The van der Waals surface area contributed by atoms with E-state index in [2.05, 4.69) is 6.07 Å². The molecule has 3 heteroatoms. The highest BCUT2D eigenvalue weighted by atomic mass is 16.5. The van der Waals surface area contributed by atoms with Gasteiger partial charge in [-0.05, 0) is 42.0 Å². The second kappa shape index (κ2) is 5.89. The van der Waals surface area contributed by atoms with Gasteiger partial charge in [-0.3, -0.25) is 4.79 Å². The largest absolute Gasteiger partial charge is 0.497 e. The Morgan fingerprint density at radius 2 is 2.06 bits per heavy atom. The van der Waals surface area contributed by atoms with Gasteiger partial charge in [0.05, 0.1) is 13.5 Å². The molecule has 2 rings (SSSR count). The fourth-order valence-corrected chi connectivity index (χ4v) is 2.84. The van der Waals surface area contributed by atoms with Crippen LogP contribution in [-0.2, 0) is 11.2 Å². The highest BCUT2D eigenvalue weighted by Crippen LogP contribution is 2.36. The van der Waals surface area contributed by atoms with Crippen molar-refractivity contribution in [2.24, 2.45) is 5.73 Å². The molecule has 1 saturated carbocycles. The fraction of sp³-hybridized carbons (Fsp3) is 0.533. The molecular formula is C15H21NO2. The Morgan fingerprint density at radius 3 is 2.67 bits per heavy atom. The van der Waals surface area contributed by atoms with Gasteiger partial charge >= 0.3 is 0 Å².